The zero-order chi connectivity index (χ0) is 20.4. The van der Waals surface area contributed by atoms with Crippen LogP contribution in [0.3, 0.4) is 0 Å². The smallest absolute Gasteiger partial charge is 0.155 e. The van der Waals surface area contributed by atoms with Gasteiger partial charge in [-0.05, 0) is 33.1 Å². The van der Waals surface area contributed by atoms with Crippen molar-refractivity contribution < 1.29 is 30.0 Å². The molecule has 5 heteroatoms. The van der Waals surface area contributed by atoms with E-state index in [-0.39, 0.29) is 31.6 Å². The number of fused-ring (bicyclic) bond motifs is 6. The Labute approximate surface area is 184 Å². The molecule has 1 aromatic heterocycles. The molecule has 0 amide bonds. The van der Waals surface area contributed by atoms with Gasteiger partial charge in [-0.1, -0.05) is 41.5 Å². The summed E-state index contributed by atoms with van der Waals surface area (Å²) in [6.45, 7) is 9.01. The molecule has 0 saturated carbocycles. The zero-order valence-electron chi connectivity index (χ0n) is 17.1. The van der Waals surface area contributed by atoms with E-state index in [1.165, 1.54) is 41.6 Å². The van der Waals surface area contributed by atoms with E-state index in [0.717, 1.165) is 27.7 Å². The standard InChI is InChI=1S/C19H15N2.C5H8O2.Ir/c1-11-4-6-14-15-7-5-12(2)9-17(15)19-18(16(14)8-11)20-10-13(3)21-19;1-4(6)3-5(2)7;/h4-7,9-10H,1-3H3;3,6H,1-2H3;/q-1;;. The number of aliphatic hydroxyl groups excluding tert-OH is 1. The van der Waals surface area contributed by atoms with Gasteiger partial charge in [-0.3, -0.25) is 9.78 Å². The van der Waals surface area contributed by atoms with Crippen LogP contribution in [0.15, 0.2) is 48.4 Å². The molecule has 151 valence electrons. The second kappa shape index (κ2) is 9.25. The first-order valence-corrected chi connectivity index (χ1v) is 9.12. The van der Waals surface area contributed by atoms with Crippen molar-refractivity contribution in [2.24, 2.45) is 0 Å². The molecular weight excluding hydrogens is 540 g/mol. The molecule has 3 aromatic carbocycles. The van der Waals surface area contributed by atoms with Gasteiger partial charge in [-0.25, -0.2) is 0 Å². The van der Waals surface area contributed by atoms with Crippen molar-refractivity contribution in [3.8, 4) is 0 Å². The van der Waals surface area contributed by atoms with Gasteiger partial charge in [0.1, 0.15) is 0 Å². The first kappa shape index (κ1) is 22.7. The van der Waals surface area contributed by atoms with Crippen molar-refractivity contribution in [1.29, 1.82) is 0 Å². The Bertz CT molecular complexity index is 1240. The number of hydrogen-bond acceptors (Lipinski definition) is 4. The minimum Gasteiger partial charge on any atom is -0.512 e. The number of allylic oxidation sites excluding steroid dienone is 2. The summed E-state index contributed by atoms with van der Waals surface area (Å²) < 4.78 is 0. The summed E-state index contributed by atoms with van der Waals surface area (Å²) in [4.78, 5) is 19.4. The van der Waals surface area contributed by atoms with Gasteiger partial charge < -0.3 is 10.1 Å². The van der Waals surface area contributed by atoms with Gasteiger partial charge >= 0.3 is 0 Å². The fourth-order valence-corrected chi connectivity index (χ4v) is 3.24. The average molecular weight is 564 g/mol. The summed E-state index contributed by atoms with van der Waals surface area (Å²) in [5.74, 6) is -0.0625. The molecule has 0 saturated heterocycles. The second-order valence-electron chi connectivity index (χ2n) is 7.08. The van der Waals surface area contributed by atoms with Gasteiger partial charge in [0.05, 0.1) is 17.0 Å². The third-order valence-electron chi connectivity index (χ3n) is 4.35. The third kappa shape index (κ3) is 5.06. The van der Waals surface area contributed by atoms with E-state index < -0.39 is 0 Å². The van der Waals surface area contributed by atoms with Gasteiger partial charge in [0, 0.05) is 37.9 Å². The molecule has 1 heterocycles. The molecule has 0 aliphatic heterocycles. The van der Waals surface area contributed by atoms with Crippen LogP contribution in [0.1, 0.15) is 30.7 Å². The van der Waals surface area contributed by atoms with Gasteiger partial charge in [0.25, 0.3) is 0 Å². The molecule has 0 fully saturated rings. The summed E-state index contributed by atoms with van der Waals surface area (Å²) in [6.07, 6.45) is 3.00. The molecule has 0 spiro atoms. The summed E-state index contributed by atoms with van der Waals surface area (Å²) in [6, 6.07) is 14.3. The molecule has 0 bridgehead atoms. The minimum absolute atomic E-state index is 0. The number of ketones is 1. The molecule has 1 N–H and O–H groups in total. The van der Waals surface area contributed by atoms with Crippen LogP contribution < -0.4 is 0 Å². The number of carbonyl (C=O) groups is 1. The van der Waals surface area contributed by atoms with Gasteiger partial charge in [-0.15, -0.1) is 29.1 Å². The molecule has 0 unspecified atom stereocenters. The van der Waals surface area contributed by atoms with Gasteiger partial charge in [0.15, 0.2) is 5.78 Å². The van der Waals surface area contributed by atoms with Crippen molar-refractivity contribution in [1.82, 2.24) is 9.97 Å². The summed E-state index contributed by atoms with van der Waals surface area (Å²) in [7, 11) is 0. The maximum atomic E-state index is 10.0. The van der Waals surface area contributed by atoms with Crippen molar-refractivity contribution in [3.05, 3.63) is 71.3 Å². The van der Waals surface area contributed by atoms with Crippen molar-refractivity contribution >= 4 is 38.4 Å². The van der Waals surface area contributed by atoms with E-state index in [9.17, 15) is 4.79 Å². The van der Waals surface area contributed by atoms with Crippen LogP contribution >= 0.6 is 0 Å². The molecule has 0 atom stereocenters. The topological polar surface area (TPSA) is 63.1 Å². The predicted octanol–water partition coefficient (Wildman–Crippen LogP) is 5.70. The zero-order valence-corrected chi connectivity index (χ0v) is 19.5. The fraction of sp³-hybridized carbons (Fsp3) is 0.208. The van der Waals surface area contributed by atoms with Crippen LogP contribution in [0.2, 0.25) is 0 Å². The maximum absolute atomic E-state index is 10.0. The number of aryl methyl sites for hydroxylation is 3. The third-order valence-corrected chi connectivity index (χ3v) is 4.35. The van der Waals surface area contributed by atoms with Crippen molar-refractivity contribution in [3.63, 3.8) is 0 Å². The van der Waals surface area contributed by atoms with E-state index in [4.69, 9.17) is 10.1 Å². The molecular formula is C24H23IrN2O2-. The van der Waals surface area contributed by atoms with E-state index >= 15 is 0 Å². The number of aliphatic hydroxyl groups is 1. The average Bonchev–Trinajstić information content (AvgIpc) is 2.61. The Balaban J connectivity index is 0.000000327. The van der Waals surface area contributed by atoms with E-state index in [1.807, 2.05) is 13.1 Å². The molecule has 29 heavy (non-hydrogen) atoms. The van der Waals surface area contributed by atoms with E-state index in [0.29, 0.717) is 0 Å². The number of carbonyl (C=O) groups excluding carboxylic acids is 1. The second-order valence-corrected chi connectivity index (χ2v) is 7.08. The first-order chi connectivity index (χ1) is 13.3. The molecule has 4 nitrogen and oxygen atoms in total. The minimum atomic E-state index is -0.125. The van der Waals surface area contributed by atoms with Crippen LogP contribution in [0.4, 0.5) is 0 Å². The Kier molecular flexibility index (Phi) is 7.23. The molecule has 1 radical (unpaired) electrons. The SMILES string of the molecule is CC(=O)C=C(C)O.Cc1[c-]c2c(cc1)c1ccc(C)cc1c1nc(C)cnc21.[Ir]. The number of nitrogens with zero attached hydrogens (tertiary/aromatic N) is 2. The first-order valence-electron chi connectivity index (χ1n) is 9.12. The largest absolute Gasteiger partial charge is 0.512 e. The molecule has 0 aliphatic carbocycles. The normalized spacial score (nSPS) is 11.1. The van der Waals surface area contributed by atoms with Crippen LogP contribution in [-0.2, 0) is 24.9 Å². The van der Waals surface area contributed by atoms with E-state index in [2.05, 4.69) is 55.2 Å². The number of hydrogen-bond donors (Lipinski definition) is 1. The summed E-state index contributed by atoms with van der Waals surface area (Å²) in [5.41, 5.74) is 5.22. The van der Waals surface area contributed by atoms with Crippen LogP contribution in [0, 0.1) is 26.8 Å². The van der Waals surface area contributed by atoms with E-state index in [1.54, 1.807) is 0 Å². The molecule has 4 aromatic rings. The Hall–Kier alpha value is -2.62. The Morgan fingerprint density at radius 3 is 2.31 bits per heavy atom. The van der Waals surface area contributed by atoms with Gasteiger partial charge in [0.2, 0.25) is 0 Å². The number of aromatic nitrogens is 2. The van der Waals surface area contributed by atoms with Crippen LogP contribution in [0.25, 0.3) is 32.6 Å². The maximum Gasteiger partial charge on any atom is 0.155 e. The van der Waals surface area contributed by atoms with Crippen molar-refractivity contribution in [2.75, 3.05) is 0 Å². The quantitative estimate of drug-likeness (QED) is 0.140. The predicted molar refractivity (Wildman–Crippen MR) is 115 cm³/mol. The molecule has 4 rings (SSSR count). The van der Waals surface area contributed by atoms with Crippen molar-refractivity contribution in [2.45, 2.75) is 34.6 Å². The van der Waals surface area contributed by atoms with Crippen LogP contribution in [0.5, 0.6) is 0 Å². The Morgan fingerprint density at radius 2 is 1.69 bits per heavy atom. The van der Waals surface area contributed by atoms with Crippen LogP contribution in [-0.4, -0.2) is 20.9 Å². The fourth-order valence-electron chi connectivity index (χ4n) is 3.24. The summed E-state index contributed by atoms with van der Waals surface area (Å²) >= 11 is 0. The molecule has 0 aliphatic rings. The number of benzene rings is 3. The number of rotatable bonds is 1. The summed E-state index contributed by atoms with van der Waals surface area (Å²) in [5, 5.41) is 13.0. The van der Waals surface area contributed by atoms with Gasteiger partial charge in [-0.2, -0.15) is 0 Å². The Morgan fingerprint density at radius 1 is 1.00 bits per heavy atom. The monoisotopic (exact) mass is 564 g/mol.